The average Bonchev–Trinajstić information content (AvgIpc) is 2.82. The molecule has 0 atom stereocenters. The quantitative estimate of drug-likeness (QED) is 0.326. The normalized spacial score (nSPS) is 14.4. The number of nitro benzene ring substituents is 1. The lowest BCUT2D eigenvalue weighted by Gasteiger charge is -2.26. The van der Waals surface area contributed by atoms with Gasteiger partial charge in [-0.2, -0.15) is 4.31 Å². The number of carbonyl (C=O) groups is 2. The number of ether oxygens (including phenoxy) is 2. The maximum absolute atomic E-state index is 12.6. The molecule has 2 aromatic carbocycles. The van der Waals surface area contributed by atoms with Gasteiger partial charge in [0, 0.05) is 37.3 Å². The molecule has 1 saturated heterocycles. The molecule has 1 aliphatic rings. The number of sulfonamides is 1. The van der Waals surface area contributed by atoms with Crippen molar-refractivity contribution in [2.45, 2.75) is 17.7 Å². The molecule has 1 N–H and O–H groups in total. The first-order chi connectivity index (χ1) is 15.8. The summed E-state index contributed by atoms with van der Waals surface area (Å²) in [5.74, 6) is -1.16. The van der Waals surface area contributed by atoms with Crippen LogP contribution in [0.1, 0.15) is 12.0 Å². The monoisotopic (exact) mass is 477 g/mol. The Balaban J connectivity index is 1.43. The molecule has 1 aliphatic heterocycles. The van der Waals surface area contributed by atoms with Gasteiger partial charge in [-0.3, -0.25) is 19.7 Å². The molecule has 1 fully saturated rings. The van der Waals surface area contributed by atoms with E-state index in [1.54, 1.807) is 12.1 Å². The maximum Gasteiger partial charge on any atom is 0.306 e. The highest BCUT2D eigenvalue weighted by atomic mass is 32.2. The fraction of sp³-hybridized carbons (Fsp3) is 0.333. The van der Waals surface area contributed by atoms with Crippen LogP contribution >= 0.6 is 0 Å². The fourth-order valence-electron chi connectivity index (χ4n) is 3.09. The highest BCUT2D eigenvalue weighted by Crippen LogP contribution is 2.18. The average molecular weight is 477 g/mol. The van der Waals surface area contributed by atoms with Gasteiger partial charge in [0.25, 0.3) is 11.6 Å². The van der Waals surface area contributed by atoms with E-state index in [-0.39, 0.29) is 17.0 Å². The summed E-state index contributed by atoms with van der Waals surface area (Å²) in [4.78, 5) is 34.1. The largest absolute Gasteiger partial charge is 0.456 e. The molecule has 2 aromatic rings. The lowest BCUT2D eigenvalue weighted by atomic mass is 10.1. The molecule has 0 bridgehead atoms. The highest BCUT2D eigenvalue weighted by Gasteiger charge is 2.26. The number of anilines is 1. The fourth-order valence-corrected chi connectivity index (χ4v) is 4.50. The van der Waals surface area contributed by atoms with Crippen LogP contribution in [0.5, 0.6) is 0 Å². The third kappa shape index (κ3) is 6.81. The molecule has 0 radical (unpaired) electrons. The SMILES string of the molecule is O=C(COC(=O)CCc1ccc(S(=O)(=O)N2CCOCC2)cc1)Nc1ccc([N+](=O)[O-])cc1. The van der Waals surface area contributed by atoms with Crippen molar-refractivity contribution in [1.82, 2.24) is 4.31 Å². The van der Waals surface area contributed by atoms with Crippen molar-refractivity contribution in [1.29, 1.82) is 0 Å². The number of nitrogens with one attached hydrogen (secondary N) is 1. The predicted octanol–water partition coefficient (Wildman–Crippen LogP) is 1.73. The molecule has 11 nitrogen and oxygen atoms in total. The van der Waals surface area contributed by atoms with E-state index in [2.05, 4.69) is 5.32 Å². The smallest absolute Gasteiger partial charge is 0.306 e. The summed E-state index contributed by atoms with van der Waals surface area (Å²) in [6.07, 6.45) is 0.334. The Morgan fingerprint density at radius 1 is 1.06 bits per heavy atom. The van der Waals surface area contributed by atoms with Gasteiger partial charge >= 0.3 is 5.97 Å². The minimum atomic E-state index is -3.58. The van der Waals surface area contributed by atoms with Crippen LogP contribution in [0, 0.1) is 10.1 Å². The second kappa shape index (κ2) is 11.0. The molecule has 33 heavy (non-hydrogen) atoms. The van der Waals surface area contributed by atoms with Crippen molar-refractivity contribution in [3.05, 3.63) is 64.2 Å². The number of carbonyl (C=O) groups excluding carboxylic acids is 2. The van der Waals surface area contributed by atoms with Crippen LogP contribution in [0.2, 0.25) is 0 Å². The van der Waals surface area contributed by atoms with Crippen molar-refractivity contribution in [3.63, 3.8) is 0 Å². The Hall–Kier alpha value is -3.35. The number of morpholine rings is 1. The molecule has 0 saturated carbocycles. The van der Waals surface area contributed by atoms with Gasteiger partial charge in [0.05, 0.1) is 23.0 Å². The van der Waals surface area contributed by atoms with Crippen LogP contribution < -0.4 is 5.32 Å². The number of non-ortho nitro benzene ring substituents is 1. The zero-order valence-electron chi connectivity index (χ0n) is 17.6. The van der Waals surface area contributed by atoms with Crippen LogP contribution in [0.25, 0.3) is 0 Å². The lowest BCUT2D eigenvalue weighted by Crippen LogP contribution is -2.40. The molecular weight excluding hydrogens is 454 g/mol. The molecular formula is C21H23N3O8S. The summed E-state index contributed by atoms with van der Waals surface area (Å²) >= 11 is 0. The second-order valence-corrected chi connectivity index (χ2v) is 9.11. The Kier molecular flexibility index (Phi) is 8.09. The number of amides is 1. The number of benzene rings is 2. The van der Waals surface area contributed by atoms with Gasteiger partial charge in [-0.05, 0) is 36.2 Å². The first-order valence-corrected chi connectivity index (χ1v) is 11.6. The molecule has 1 heterocycles. The zero-order chi connectivity index (χ0) is 23.8. The molecule has 0 unspecified atom stereocenters. The van der Waals surface area contributed by atoms with Gasteiger partial charge in [-0.1, -0.05) is 12.1 Å². The molecule has 3 rings (SSSR count). The number of rotatable bonds is 9. The van der Waals surface area contributed by atoms with Gasteiger partial charge in [-0.15, -0.1) is 0 Å². The topological polar surface area (TPSA) is 145 Å². The summed E-state index contributed by atoms with van der Waals surface area (Å²) in [6, 6.07) is 11.5. The van der Waals surface area contributed by atoms with E-state index < -0.39 is 33.4 Å². The third-order valence-electron chi connectivity index (χ3n) is 4.88. The van der Waals surface area contributed by atoms with E-state index >= 15 is 0 Å². The Morgan fingerprint density at radius 3 is 2.30 bits per heavy atom. The van der Waals surface area contributed by atoms with Crippen molar-refractivity contribution in [2.75, 3.05) is 38.2 Å². The minimum Gasteiger partial charge on any atom is -0.456 e. The van der Waals surface area contributed by atoms with Gasteiger partial charge in [-0.25, -0.2) is 8.42 Å². The molecule has 12 heteroatoms. The van der Waals surface area contributed by atoms with Crippen LogP contribution in [0.15, 0.2) is 53.4 Å². The van der Waals surface area contributed by atoms with Gasteiger partial charge in [0.1, 0.15) is 0 Å². The first kappa shape index (κ1) is 24.3. The molecule has 0 aromatic heterocycles. The summed E-state index contributed by atoms with van der Waals surface area (Å²) in [5.41, 5.74) is 0.989. The van der Waals surface area contributed by atoms with E-state index in [1.165, 1.54) is 40.7 Å². The van der Waals surface area contributed by atoms with E-state index in [0.717, 1.165) is 5.56 Å². The van der Waals surface area contributed by atoms with Crippen LogP contribution in [0.4, 0.5) is 11.4 Å². The van der Waals surface area contributed by atoms with Crippen LogP contribution in [-0.2, 0) is 35.5 Å². The summed E-state index contributed by atoms with van der Waals surface area (Å²) in [7, 11) is -3.58. The number of aryl methyl sites for hydroxylation is 1. The minimum absolute atomic E-state index is 0.0143. The van der Waals surface area contributed by atoms with Crippen molar-refractivity contribution < 1.29 is 32.4 Å². The highest BCUT2D eigenvalue weighted by molar-refractivity contribution is 7.89. The van der Waals surface area contributed by atoms with E-state index in [4.69, 9.17) is 9.47 Å². The Bertz CT molecular complexity index is 1100. The third-order valence-corrected chi connectivity index (χ3v) is 6.79. The van der Waals surface area contributed by atoms with E-state index in [9.17, 15) is 28.1 Å². The van der Waals surface area contributed by atoms with Crippen LogP contribution in [0.3, 0.4) is 0 Å². The van der Waals surface area contributed by atoms with Crippen LogP contribution in [-0.4, -0.2) is 62.4 Å². The van der Waals surface area contributed by atoms with Crippen molar-refractivity contribution >= 4 is 33.3 Å². The number of nitro groups is 1. The molecule has 0 aliphatic carbocycles. The standard InChI is InChI=1S/C21H23N3O8S/c25-20(22-17-4-6-18(7-5-17)24(27)28)15-32-21(26)10-3-16-1-8-19(9-2-16)33(29,30)23-11-13-31-14-12-23/h1-2,4-9H,3,10-15H2,(H,22,25). The lowest BCUT2D eigenvalue weighted by molar-refractivity contribution is -0.384. The predicted molar refractivity (Wildman–Crippen MR) is 117 cm³/mol. The maximum atomic E-state index is 12.6. The van der Waals surface area contributed by atoms with E-state index in [1.807, 2.05) is 0 Å². The second-order valence-electron chi connectivity index (χ2n) is 7.17. The number of esters is 1. The van der Waals surface area contributed by atoms with Gasteiger partial charge in [0.15, 0.2) is 6.61 Å². The van der Waals surface area contributed by atoms with Gasteiger partial charge < -0.3 is 14.8 Å². The van der Waals surface area contributed by atoms with E-state index in [0.29, 0.717) is 38.4 Å². The Morgan fingerprint density at radius 2 is 1.70 bits per heavy atom. The first-order valence-electron chi connectivity index (χ1n) is 10.1. The van der Waals surface area contributed by atoms with Crippen molar-refractivity contribution in [2.24, 2.45) is 0 Å². The zero-order valence-corrected chi connectivity index (χ0v) is 18.5. The molecule has 1 amide bonds. The summed E-state index contributed by atoms with van der Waals surface area (Å²) in [6.45, 7) is 0.866. The molecule has 176 valence electrons. The van der Waals surface area contributed by atoms with Crippen molar-refractivity contribution in [3.8, 4) is 0 Å². The summed E-state index contributed by atoms with van der Waals surface area (Å²) < 4.78 is 36.7. The number of hydrogen-bond acceptors (Lipinski definition) is 8. The Labute approximate surface area is 190 Å². The summed E-state index contributed by atoms with van der Waals surface area (Å²) in [5, 5.41) is 13.1. The molecule has 0 spiro atoms. The number of hydrogen-bond donors (Lipinski definition) is 1. The number of nitrogens with zero attached hydrogens (tertiary/aromatic N) is 2. The van der Waals surface area contributed by atoms with Gasteiger partial charge in [0.2, 0.25) is 10.0 Å².